The molecule has 0 aliphatic heterocycles. The Labute approximate surface area is 248 Å². The van der Waals surface area contributed by atoms with Gasteiger partial charge in [0.15, 0.2) is 0 Å². The Balaban J connectivity index is 2.59. The van der Waals surface area contributed by atoms with Crippen molar-refractivity contribution in [2.45, 2.75) is 92.0 Å². The van der Waals surface area contributed by atoms with Crippen molar-refractivity contribution in [2.75, 3.05) is 20.1 Å². The smallest absolute Gasteiger partial charge is 0.407 e. The van der Waals surface area contributed by atoms with E-state index in [2.05, 4.69) is 46.4 Å². The molecule has 12 heteroatoms. The molecule has 0 radical (unpaired) electrons. The number of hydrogen-bond acceptors (Lipinski definition) is 8. The first-order chi connectivity index (χ1) is 19.0. The summed E-state index contributed by atoms with van der Waals surface area (Å²) in [6.07, 6.45) is 4.07. The highest BCUT2D eigenvalue weighted by Crippen LogP contribution is 2.14. The van der Waals surface area contributed by atoms with E-state index in [4.69, 9.17) is 4.74 Å². The maximum atomic E-state index is 13.2. The third kappa shape index (κ3) is 13.6. The third-order valence-electron chi connectivity index (χ3n) is 6.32. The summed E-state index contributed by atoms with van der Waals surface area (Å²) in [5.41, 5.74) is 1.70. The second kappa shape index (κ2) is 19.5. The fraction of sp³-hybridized carbons (Fsp3) is 0.679. The van der Waals surface area contributed by atoms with Crippen LogP contribution in [-0.4, -0.2) is 71.2 Å². The van der Waals surface area contributed by atoms with Gasteiger partial charge in [0.1, 0.15) is 12.6 Å². The van der Waals surface area contributed by atoms with Gasteiger partial charge in [-0.15, -0.1) is 11.3 Å². The van der Waals surface area contributed by atoms with Gasteiger partial charge < -0.3 is 25.6 Å². The van der Waals surface area contributed by atoms with E-state index in [9.17, 15) is 14.4 Å². The molecule has 0 spiro atoms. The van der Waals surface area contributed by atoms with Gasteiger partial charge in [-0.3, -0.25) is 14.8 Å². The standard InChI is InChI=1S/C28H48N6O4S2/c1-9-21(12-13-22(10-2)32-28(37)38-17-23-16-29-18-40-23)31-25(35)24(19(4)5)33-27(36)34(8)15-14-30-26(20(6)7)39-11-3/h11,16,18-22,24H,3,9-10,12-15,17H2,1-2,4-8H3,(H,31,35)(H,32,37)(H,33,36). The second-order valence-corrected chi connectivity index (χ2v) is 12.2. The van der Waals surface area contributed by atoms with Crippen molar-refractivity contribution >= 4 is 46.2 Å². The van der Waals surface area contributed by atoms with Gasteiger partial charge in [-0.2, -0.15) is 0 Å². The highest BCUT2D eigenvalue weighted by molar-refractivity contribution is 8.16. The van der Waals surface area contributed by atoms with E-state index in [-0.39, 0.29) is 42.5 Å². The Hall–Kier alpha value is -2.60. The summed E-state index contributed by atoms with van der Waals surface area (Å²) in [6, 6.07) is -1.14. The number of urea groups is 1. The van der Waals surface area contributed by atoms with Crippen LogP contribution < -0.4 is 16.0 Å². The maximum Gasteiger partial charge on any atom is 0.407 e. The van der Waals surface area contributed by atoms with Crippen LogP contribution in [-0.2, 0) is 16.1 Å². The average molecular weight is 597 g/mol. The summed E-state index contributed by atoms with van der Waals surface area (Å²) in [5, 5.41) is 11.6. The SMILES string of the molecule is C=CSC(=NCCN(C)C(=O)NC(C(=O)NC(CC)CCC(CC)NC(=O)OCc1cncs1)C(C)C)C(C)C. The minimum Gasteiger partial charge on any atom is -0.444 e. The lowest BCUT2D eigenvalue weighted by Gasteiger charge is -2.28. The Morgan fingerprint density at radius 3 is 2.30 bits per heavy atom. The molecule has 4 amide bonds. The first-order valence-corrected chi connectivity index (χ1v) is 15.7. The second-order valence-electron chi connectivity index (χ2n) is 10.2. The lowest BCUT2D eigenvalue weighted by Crippen LogP contribution is -2.54. The molecule has 1 rings (SSSR count). The van der Waals surface area contributed by atoms with Crippen molar-refractivity contribution in [3.8, 4) is 0 Å². The number of amides is 4. The fourth-order valence-corrected chi connectivity index (χ4v) is 4.85. The molecule has 40 heavy (non-hydrogen) atoms. The molecule has 0 aromatic carbocycles. The Kier molecular flexibility index (Phi) is 17.2. The molecule has 226 valence electrons. The summed E-state index contributed by atoms with van der Waals surface area (Å²) in [7, 11) is 1.70. The summed E-state index contributed by atoms with van der Waals surface area (Å²) in [4.78, 5) is 49.2. The molecule has 1 heterocycles. The molecule has 0 aliphatic rings. The zero-order chi connectivity index (χ0) is 30.1. The quantitative estimate of drug-likeness (QED) is 0.163. The van der Waals surface area contributed by atoms with Gasteiger partial charge in [0.25, 0.3) is 0 Å². The highest BCUT2D eigenvalue weighted by atomic mass is 32.2. The van der Waals surface area contributed by atoms with Crippen LogP contribution in [0.5, 0.6) is 0 Å². The highest BCUT2D eigenvalue weighted by Gasteiger charge is 2.27. The van der Waals surface area contributed by atoms with Crippen molar-refractivity contribution in [1.29, 1.82) is 0 Å². The van der Waals surface area contributed by atoms with Gasteiger partial charge in [0.2, 0.25) is 5.91 Å². The summed E-state index contributed by atoms with van der Waals surface area (Å²) in [6.45, 7) is 16.8. The molecular formula is C28H48N6O4S2. The number of carbonyl (C=O) groups is 3. The van der Waals surface area contributed by atoms with Crippen LogP contribution >= 0.6 is 23.1 Å². The van der Waals surface area contributed by atoms with Crippen LogP contribution in [0.3, 0.4) is 0 Å². The van der Waals surface area contributed by atoms with E-state index < -0.39 is 12.1 Å². The van der Waals surface area contributed by atoms with Gasteiger partial charge in [0, 0.05) is 37.8 Å². The number of thiazole rings is 1. The zero-order valence-electron chi connectivity index (χ0n) is 25.1. The lowest BCUT2D eigenvalue weighted by atomic mass is 10.00. The van der Waals surface area contributed by atoms with E-state index in [0.717, 1.165) is 22.8 Å². The van der Waals surface area contributed by atoms with Crippen molar-refractivity contribution in [3.63, 3.8) is 0 Å². The summed E-state index contributed by atoms with van der Waals surface area (Å²) < 4.78 is 5.28. The first kappa shape index (κ1) is 35.4. The largest absolute Gasteiger partial charge is 0.444 e. The number of rotatable bonds is 17. The van der Waals surface area contributed by atoms with Crippen LogP contribution in [0.25, 0.3) is 0 Å². The van der Waals surface area contributed by atoms with Gasteiger partial charge in [-0.25, -0.2) is 9.59 Å². The normalized spacial score (nSPS) is 13.9. The number of nitrogens with zero attached hydrogens (tertiary/aromatic N) is 3. The van der Waals surface area contributed by atoms with Gasteiger partial charge in [-0.05, 0) is 37.0 Å². The minimum absolute atomic E-state index is 0.0714. The predicted molar refractivity (Wildman–Crippen MR) is 166 cm³/mol. The average Bonchev–Trinajstić information content (AvgIpc) is 3.44. The van der Waals surface area contributed by atoms with Crippen molar-refractivity contribution < 1.29 is 19.1 Å². The molecule has 0 bridgehead atoms. The number of carbonyl (C=O) groups excluding carboxylic acids is 3. The predicted octanol–water partition coefficient (Wildman–Crippen LogP) is 5.42. The molecule has 1 aromatic heterocycles. The van der Waals surface area contributed by atoms with Gasteiger partial charge >= 0.3 is 12.1 Å². The van der Waals surface area contributed by atoms with Gasteiger partial charge in [0.05, 0.1) is 22.0 Å². The van der Waals surface area contributed by atoms with Crippen LogP contribution in [0, 0.1) is 11.8 Å². The molecule has 1 aromatic rings. The number of aliphatic imine (C=N–C) groups is 1. The monoisotopic (exact) mass is 596 g/mol. The summed E-state index contributed by atoms with van der Waals surface area (Å²) in [5.74, 6) is -0.0205. The van der Waals surface area contributed by atoms with Crippen molar-refractivity contribution in [1.82, 2.24) is 25.8 Å². The summed E-state index contributed by atoms with van der Waals surface area (Å²) >= 11 is 2.93. The van der Waals surface area contributed by atoms with Gasteiger partial charge in [-0.1, -0.05) is 59.9 Å². The molecule has 3 atom stereocenters. The lowest BCUT2D eigenvalue weighted by molar-refractivity contribution is -0.124. The van der Waals surface area contributed by atoms with Crippen molar-refractivity contribution in [2.24, 2.45) is 16.8 Å². The number of nitrogens with one attached hydrogen (secondary N) is 3. The molecule has 0 saturated heterocycles. The number of aromatic nitrogens is 1. The number of likely N-dealkylation sites (N-methyl/N-ethyl adjacent to an activating group) is 1. The minimum atomic E-state index is -0.670. The Morgan fingerprint density at radius 2 is 1.77 bits per heavy atom. The van der Waals surface area contributed by atoms with E-state index >= 15 is 0 Å². The fourth-order valence-electron chi connectivity index (χ4n) is 3.74. The molecular weight excluding hydrogens is 548 g/mol. The number of ether oxygens (including phenoxy) is 1. The van der Waals surface area contributed by atoms with Crippen LogP contribution in [0.15, 0.2) is 28.7 Å². The first-order valence-electron chi connectivity index (χ1n) is 14.0. The maximum absolute atomic E-state index is 13.2. The molecule has 0 fully saturated rings. The van der Waals surface area contributed by atoms with Crippen LogP contribution in [0.4, 0.5) is 9.59 Å². The number of thioether (sulfide) groups is 1. The molecule has 3 N–H and O–H groups in total. The Bertz CT molecular complexity index is 939. The molecule has 0 saturated carbocycles. The van der Waals surface area contributed by atoms with Crippen molar-refractivity contribution in [3.05, 3.63) is 28.6 Å². The third-order valence-corrected chi connectivity index (χ3v) is 8.08. The van der Waals surface area contributed by atoms with E-state index in [1.54, 1.807) is 29.1 Å². The van der Waals surface area contributed by atoms with Crippen LogP contribution in [0.1, 0.15) is 72.1 Å². The van der Waals surface area contributed by atoms with E-state index in [1.807, 2.05) is 27.7 Å². The number of hydrogen-bond donors (Lipinski definition) is 3. The topological polar surface area (TPSA) is 125 Å². The Morgan fingerprint density at radius 1 is 1.12 bits per heavy atom. The van der Waals surface area contributed by atoms with Crippen LogP contribution in [0.2, 0.25) is 0 Å². The molecule has 0 aliphatic carbocycles. The number of alkyl carbamates (subject to hydrolysis) is 1. The molecule has 10 nitrogen and oxygen atoms in total. The molecule has 3 unspecified atom stereocenters. The van der Waals surface area contributed by atoms with E-state index in [1.165, 1.54) is 23.1 Å². The zero-order valence-corrected chi connectivity index (χ0v) is 26.7. The van der Waals surface area contributed by atoms with E-state index in [0.29, 0.717) is 25.9 Å².